The van der Waals surface area contributed by atoms with Crippen molar-refractivity contribution < 1.29 is 41.0 Å². The van der Waals surface area contributed by atoms with E-state index in [4.69, 9.17) is 5.11 Å². The highest BCUT2D eigenvalue weighted by atomic mass is 35.5. The SMILES string of the molecule is CCCCC(NC(=O)C(F)(F)C(F)(F)C(F)(F)Cl)C(=O)O. The number of hydrogen-bond donors (Lipinski definition) is 2. The number of aliphatic carboxylic acids is 1. The van der Waals surface area contributed by atoms with Gasteiger partial charge in [-0.1, -0.05) is 19.8 Å². The Bertz CT molecular complexity index is 399. The second-order valence-corrected chi connectivity index (χ2v) is 4.63. The fraction of sp³-hybridized carbons (Fsp3) is 0.800. The number of halogens is 7. The molecule has 0 aromatic heterocycles. The van der Waals surface area contributed by atoms with Crippen LogP contribution in [0.5, 0.6) is 0 Å². The van der Waals surface area contributed by atoms with Crippen molar-refractivity contribution in [3.8, 4) is 0 Å². The molecule has 4 nitrogen and oxygen atoms in total. The molecule has 124 valence electrons. The molecule has 0 aliphatic carbocycles. The van der Waals surface area contributed by atoms with Gasteiger partial charge in [0.2, 0.25) is 0 Å². The molecule has 0 rings (SSSR count). The van der Waals surface area contributed by atoms with Crippen LogP contribution in [0.3, 0.4) is 0 Å². The van der Waals surface area contributed by atoms with Gasteiger partial charge in [0.05, 0.1) is 0 Å². The zero-order valence-electron chi connectivity index (χ0n) is 10.6. The quantitative estimate of drug-likeness (QED) is 0.526. The van der Waals surface area contributed by atoms with Gasteiger partial charge < -0.3 is 10.4 Å². The third-order valence-electron chi connectivity index (χ3n) is 2.49. The minimum atomic E-state index is -6.18. The molecule has 0 radical (unpaired) electrons. The maximum absolute atomic E-state index is 13.1. The van der Waals surface area contributed by atoms with Gasteiger partial charge >= 0.3 is 23.2 Å². The Balaban J connectivity index is 5.17. The molecular weight excluding hydrogens is 332 g/mol. The predicted octanol–water partition coefficient (Wildman–Crippen LogP) is 2.85. The van der Waals surface area contributed by atoms with E-state index >= 15 is 0 Å². The highest BCUT2D eigenvalue weighted by Crippen LogP contribution is 2.47. The number of amides is 1. The van der Waals surface area contributed by atoms with Gasteiger partial charge in [-0.05, 0) is 18.0 Å². The summed E-state index contributed by atoms with van der Waals surface area (Å²) in [5.41, 5.74) is 0. The number of carboxylic acids is 1. The van der Waals surface area contributed by atoms with E-state index in [0.717, 1.165) is 5.32 Å². The molecule has 1 amide bonds. The number of unbranched alkanes of at least 4 members (excludes halogenated alkanes) is 1. The van der Waals surface area contributed by atoms with Crippen LogP contribution in [0, 0.1) is 0 Å². The predicted molar refractivity (Wildman–Crippen MR) is 59.8 cm³/mol. The molecule has 0 aromatic carbocycles. The second kappa shape index (κ2) is 6.71. The first-order chi connectivity index (χ1) is 9.29. The molecule has 0 bridgehead atoms. The van der Waals surface area contributed by atoms with Crippen LogP contribution in [0.25, 0.3) is 0 Å². The van der Waals surface area contributed by atoms with Crippen molar-refractivity contribution >= 4 is 23.5 Å². The Morgan fingerprint density at radius 3 is 2.00 bits per heavy atom. The molecule has 2 N–H and O–H groups in total. The Labute approximate surface area is 120 Å². The number of carboxylic acid groups (broad SMARTS) is 1. The highest BCUT2D eigenvalue weighted by molar-refractivity contribution is 6.22. The summed E-state index contributed by atoms with van der Waals surface area (Å²) in [5, 5.41) is 4.08. The number of hydrogen-bond acceptors (Lipinski definition) is 2. The topological polar surface area (TPSA) is 66.4 Å². The summed E-state index contributed by atoms with van der Waals surface area (Å²) >= 11 is 3.88. The first-order valence-electron chi connectivity index (χ1n) is 5.65. The van der Waals surface area contributed by atoms with E-state index in [0.29, 0.717) is 6.42 Å². The fourth-order valence-corrected chi connectivity index (χ4v) is 1.35. The van der Waals surface area contributed by atoms with E-state index in [2.05, 4.69) is 11.6 Å². The lowest BCUT2D eigenvalue weighted by atomic mass is 10.1. The molecule has 21 heavy (non-hydrogen) atoms. The molecular formula is C10H12ClF6NO3. The molecule has 0 aromatic rings. The fourth-order valence-electron chi connectivity index (χ4n) is 1.24. The monoisotopic (exact) mass is 343 g/mol. The number of carbonyl (C=O) groups excluding carboxylic acids is 1. The lowest BCUT2D eigenvalue weighted by molar-refractivity contribution is -0.269. The smallest absolute Gasteiger partial charge is 0.395 e. The molecule has 0 heterocycles. The maximum Gasteiger partial charge on any atom is 0.395 e. The third kappa shape index (κ3) is 4.39. The molecule has 0 aliphatic heterocycles. The molecule has 0 fully saturated rings. The van der Waals surface area contributed by atoms with Gasteiger partial charge in [0.1, 0.15) is 6.04 Å². The van der Waals surface area contributed by atoms with E-state index in [9.17, 15) is 35.9 Å². The standard InChI is InChI=1S/C10H12ClF6NO3/c1-2-3-4-5(6(19)20)18-7(21)8(12,13)9(14,15)10(11,16)17/h5H,2-4H2,1H3,(H,18,21)(H,19,20). The van der Waals surface area contributed by atoms with Crippen LogP contribution in [0.15, 0.2) is 0 Å². The summed E-state index contributed by atoms with van der Waals surface area (Å²) in [6, 6.07) is -1.90. The van der Waals surface area contributed by atoms with E-state index in [1.165, 1.54) is 0 Å². The van der Waals surface area contributed by atoms with Gasteiger partial charge in [-0.15, -0.1) is 0 Å². The average molecular weight is 344 g/mol. The number of rotatable bonds is 8. The average Bonchev–Trinajstić information content (AvgIpc) is 2.31. The lowest BCUT2D eigenvalue weighted by Gasteiger charge is -2.29. The Kier molecular flexibility index (Phi) is 6.33. The number of carbonyl (C=O) groups is 2. The van der Waals surface area contributed by atoms with Crippen molar-refractivity contribution in [2.45, 2.75) is 49.5 Å². The van der Waals surface area contributed by atoms with Gasteiger partial charge in [0.25, 0.3) is 5.91 Å². The van der Waals surface area contributed by atoms with Crippen molar-refractivity contribution in [3.63, 3.8) is 0 Å². The summed E-state index contributed by atoms with van der Waals surface area (Å²) in [7, 11) is 0. The van der Waals surface area contributed by atoms with Crippen LogP contribution in [-0.4, -0.2) is 40.3 Å². The van der Waals surface area contributed by atoms with Gasteiger partial charge in [-0.25, -0.2) is 4.79 Å². The van der Waals surface area contributed by atoms with Gasteiger partial charge in [0, 0.05) is 0 Å². The number of alkyl halides is 7. The molecule has 0 aliphatic rings. The molecule has 0 saturated carbocycles. The van der Waals surface area contributed by atoms with E-state index in [1.807, 2.05) is 0 Å². The van der Waals surface area contributed by atoms with Crippen LogP contribution in [0.4, 0.5) is 26.3 Å². The van der Waals surface area contributed by atoms with Crippen LogP contribution in [-0.2, 0) is 9.59 Å². The molecule has 1 unspecified atom stereocenters. The summed E-state index contributed by atoms with van der Waals surface area (Å²) < 4.78 is 76.5. The van der Waals surface area contributed by atoms with Crippen molar-refractivity contribution in [2.75, 3.05) is 0 Å². The summed E-state index contributed by atoms with van der Waals surface area (Å²) in [6.07, 6.45) is 0.299. The molecule has 11 heteroatoms. The van der Waals surface area contributed by atoms with Crippen molar-refractivity contribution in [3.05, 3.63) is 0 Å². The Hall–Kier alpha value is -1.19. The molecule has 1 atom stereocenters. The first kappa shape index (κ1) is 19.8. The zero-order chi connectivity index (χ0) is 17.1. The minimum absolute atomic E-state index is 0.185. The summed E-state index contributed by atoms with van der Waals surface area (Å²) in [5.74, 6) is -16.7. The molecule has 0 saturated heterocycles. The minimum Gasteiger partial charge on any atom is -0.480 e. The highest BCUT2D eigenvalue weighted by Gasteiger charge is 2.74. The third-order valence-corrected chi connectivity index (χ3v) is 2.72. The Morgan fingerprint density at radius 2 is 1.67 bits per heavy atom. The maximum atomic E-state index is 13.1. The van der Waals surface area contributed by atoms with Gasteiger partial charge in [-0.2, -0.15) is 26.3 Å². The largest absolute Gasteiger partial charge is 0.480 e. The summed E-state index contributed by atoms with van der Waals surface area (Å²) in [4.78, 5) is 21.7. The van der Waals surface area contributed by atoms with Gasteiger partial charge in [-0.3, -0.25) is 4.79 Å². The number of nitrogens with one attached hydrogen (secondary N) is 1. The second-order valence-electron chi connectivity index (χ2n) is 4.15. The molecule has 0 spiro atoms. The van der Waals surface area contributed by atoms with E-state index in [-0.39, 0.29) is 12.8 Å². The van der Waals surface area contributed by atoms with Crippen molar-refractivity contribution in [1.82, 2.24) is 5.32 Å². The van der Waals surface area contributed by atoms with Crippen molar-refractivity contribution in [1.29, 1.82) is 0 Å². The Morgan fingerprint density at radius 1 is 1.19 bits per heavy atom. The normalized spacial score (nSPS) is 14.7. The van der Waals surface area contributed by atoms with Crippen LogP contribution < -0.4 is 5.32 Å². The van der Waals surface area contributed by atoms with Crippen LogP contribution >= 0.6 is 11.6 Å². The van der Waals surface area contributed by atoms with E-state index in [1.54, 1.807) is 6.92 Å². The first-order valence-corrected chi connectivity index (χ1v) is 6.03. The lowest BCUT2D eigenvalue weighted by Crippen LogP contribution is -2.61. The van der Waals surface area contributed by atoms with Crippen molar-refractivity contribution in [2.24, 2.45) is 0 Å². The van der Waals surface area contributed by atoms with Crippen LogP contribution in [0.1, 0.15) is 26.2 Å². The van der Waals surface area contributed by atoms with Gasteiger partial charge in [0.15, 0.2) is 0 Å². The zero-order valence-corrected chi connectivity index (χ0v) is 11.4. The van der Waals surface area contributed by atoms with Crippen LogP contribution in [0.2, 0.25) is 0 Å². The summed E-state index contributed by atoms with van der Waals surface area (Å²) in [6.45, 7) is 1.62. The van der Waals surface area contributed by atoms with E-state index < -0.39 is 35.1 Å².